The molecule has 2 fully saturated rings. The Kier molecular flexibility index (Phi) is 2.52. The second kappa shape index (κ2) is 4.01. The molecule has 3 nitrogen and oxygen atoms in total. The molecule has 3 rings (SSSR count). The third kappa shape index (κ3) is 2.02. The zero-order chi connectivity index (χ0) is 11.0. The Morgan fingerprint density at radius 1 is 1.38 bits per heavy atom. The third-order valence-electron chi connectivity index (χ3n) is 3.38. The summed E-state index contributed by atoms with van der Waals surface area (Å²) in [6, 6.07) is 4.22. The molecule has 0 aromatic carbocycles. The summed E-state index contributed by atoms with van der Waals surface area (Å²) in [5, 5.41) is 3.19. The lowest BCUT2D eigenvalue weighted by Crippen LogP contribution is -2.28. The molecular weight excluding hydrogens is 205 g/mol. The van der Waals surface area contributed by atoms with Crippen molar-refractivity contribution in [2.45, 2.75) is 31.3 Å². The Balaban J connectivity index is 1.61. The summed E-state index contributed by atoms with van der Waals surface area (Å²) in [5.74, 6) is 0.137. The largest absolute Gasteiger partial charge is 0.364 e. The van der Waals surface area contributed by atoms with Crippen molar-refractivity contribution in [1.29, 1.82) is 0 Å². The zero-order valence-electron chi connectivity index (χ0n) is 9.19. The number of nitrogens with one attached hydrogen (secondary N) is 1. The highest BCUT2D eigenvalue weighted by Gasteiger charge is 2.34. The number of pyridine rings is 1. The first-order valence-corrected chi connectivity index (χ1v) is 5.94. The Labute approximate surface area is 94.7 Å². The van der Waals surface area contributed by atoms with Gasteiger partial charge < -0.3 is 5.32 Å². The second-order valence-electron chi connectivity index (χ2n) is 4.69. The van der Waals surface area contributed by atoms with Crippen LogP contribution in [0.5, 0.6) is 0 Å². The maximum Gasteiger partial charge on any atom is 0.165 e. The number of hydrogen-bond donors (Lipinski definition) is 1. The van der Waals surface area contributed by atoms with Crippen LogP contribution >= 0.6 is 0 Å². The molecule has 1 atom stereocenters. The first-order valence-electron chi connectivity index (χ1n) is 5.94. The van der Waals surface area contributed by atoms with E-state index < -0.39 is 0 Å². The van der Waals surface area contributed by atoms with E-state index in [4.69, 9.17) is 0 Å². The molecule has 0 amide bonds. The van der Waals surface area contributed by atoms with Gasteiger partial charge in [-0.2, -0.15) is 0 Å². The maximum absolute atomic E-state index is 13.4. The van der Waals surface area contributed by atoms with E-state index in [9.17, 15) is 4.39 Å². The minimum atomic E-state index is -0.257. The average molecular weight is 221 g/mol. The van der Waals surface area contributed by atoms with E-state index >= 15 is 0 Å². The Morgan fingerprint density at radius 2 is 2.25 bits per heavy atom. The third-order valence-corrected chi connectivity index (χ3v) is 3.38. The van der Waals surface area contributed by atoms with Gasteiger partial charge in [0.25, 0.3) is 0 Å². The SMILES string of the molecule is Fc1cccnc1NC1CCN(C2CC2)C1. The molecule has 1 aliphatic heterocycles. The monoisotopic (exact) mass is 221 g/mol. The molecule has 1 saturated carbocycles. The summed E-state index contributed by atoms with van der Waals surface area (Å²) < 4.78 is 13.4. The van der Waals surface area contributed by atoms with Gasteiger partial charge in [-0.1, -0.05) is 0 Å². The van der Waals surface area contributed by atoms with E-state index in [1.165, 1.54) is 18.9 Å². The van der Waals surface area contributed by atoms with Gasteiger partial charge in [0, 0.05) is 31.4 Å². The first-order chi connectivity index (χ1) is 7.83. The number of likely N-dealkylation sites (tertiary alicyclic amines) is 1. The molecule has 1 aromatic heterocycles. The molecule has 2 heterocycles. The van der Waals surface area contributed by atoms with E-state index in [2.05, 4.69) is 15.2 Å². The molecule has 86 valence electrons. The van der Waals surface area contributed by atoms with Crippen LogP contribution in [0.1, 0.15) is 19.3 Å². The van der Waals surface area contributed by atoms with Crippen LogP contribution < -0.4 is 5.32 Å². The van der Waals surface area contributed by atoms with E-state index in [0.717, 1.165) is 25.6 Å². The number of anilines is 1. The molecular formula is C12H16FN3. The number of aromatic nitrogens is 1. The molecule has 1 N–H and O–H groups in total. The summed E-state index contributed by atoms with van der Waals surface area (Å²) in [4.78, 5) is 6.52. The lowest BCUT2D eigenvalue weighted by atomic mass is 10.2. The van der Waals surface area contributed by atoms with Crippen LogP contribution in [0.3, 0.4) is 0 Å². The Hall–Kier alpha value is -1.16. The van der Waals surface area contributed by atoms with Crippen molar-refractivity contribution in [2.75, 3.05) is 18.4 Å². The topological polar surface area (TPSA) is 28.2 Å². The molecule has 4 heteroatoms. The quantitative estimate of drug-likeness (QED) is 0.844. The van der Waals surface area contributed by atoms with Crippen LogP contribution in [0.4, 0.5) is 10.2 Å². The predicted octanol–water partition coefficient (Wildman–Crippen LogP) is 1.87. The van der Waals surface area contributed by atoms with Crippen LogP contribution in [-0.2, 0) is 0 Å². The van der Waals surface area contributed by atoms with Crippen molar-refractivity contribution in [2.24, 2.45) is 0 Å². The van der Waals surface area contributed by atoms with Gasteiger partial charge in [-0.3, -0.25) is 4.90 Å². The minimum Gasteiger partial charge on any atom is -0.364 e. The summed E-state index contributed by atoms with van der Waals surface area (Å²) in [6.45, 7) is 2.16. The first kappa shape index (κ1) is 10.0. The van der Waals surface area contributed by atoms with Gasteiger partial charge in [-0.05, 0) is 31.4 Å². The van der Waals surface area contributed by atoms with E-state index in [-0.39, 0.29) is 5.82 Å². The molecule has 16 heavy (non-hydrogen) atoms. The zero-order valence-corrected chi connectivity index (χ0v) is 9.19. The Bertz CT molecular complexity index is 378. The number of hydrogen-bond acceptors (Lipinski definition) is 3. The smallest absolute Gasteiger partial charge is 0.165 e. The summed E-state index contributed by atoms with van der Waals surface area (Å²) in [6.07, 6.45) is 5.39. The van der Waals surface area contributed by atoms with Crippen LogP contribution in [0, 0.1) is 5.82 Å². The molecule has 1 aromatic rings. The van der Waals surface area contributed by atoms with Gasteiger partial charge in [-0.15, -0.1) is 0 Å². The van der Waals surface area contributed by atoms with Crippen molar-refractivity contribution in [3.05, 3.63) is 24.1 Å². The second-order valence-corrected chi connectivity index (χ2v) is 4.69. The van der Waals surface area contributed by atoms with E-state index in [1.807, 2.05) is 0 Å². The van der Waals surface area contributed by atoms with Gasteiger partial charge in [0.05, 0.1) is 0 Å². The lowest BCUT2D eigenvalue weighted by molar-refractivity contribution is 0.326. The van der Waals surface area contributed by atoms with E-state index in [0.29, 0.717) is 11.9 Å². The minimum absolute atomic E-state index is 0.257. The van der Waals surface area contributed by atoms with Crippen LogP contribution in [-0.4, -0.2) is 35.1 Å². The van der Waals surface area contributed by atoms with Crippen molar-refractivity contribution in [3.8, 4) is 0 Å². The van der Waals surface area contributed by atoms with Gasteiger partial charge >= 0.3 is 0 Å². The molecule has 0 radical (unpaired) electrons. The highest BCUT2D eigenvalue weighted by molar-refractivity contribution is 5.37. The van der Waals surface area contributed by atoms with E-state index in [1.54, 1.807) is 12.3 Å². The lowest BCUT2D eigenvalue weighted by Gasteiger charge is -2.16. The molecule has 1 unspecified atom stereocenters. The molecule has 1 aliphatic carbocycles. The molecule has 1 saturated heterocycles. The highest BCUT2D eigenvalue weighted by atomic mass is 19.1. The van der Waals surface area contributed by atoms with Crippen molar-refractivity contribution < 1.29 is 4.39 Å². The fourth-order valence-corrected chi connectivity index (χ4v) is 2.36. The standard InChI is InChI=1S/C12H16FN3/c13-11-2-1-6-14-12(11)15-9-5-7-16(8-9)10-3-4-10/h1-2,6,9-10H,3-5,7-8H2,(H,14,15). The normalized spacial score (nSPS) is 25.9. The molecule has 2 aliphatic rings. The summed E-state index contributed by atoms with van der Waals surface area (Å²) >= 11 is 0. The summed E-state index contributed by atoms with van der Waals surface area (Å²) in [5.41, 5.74) is 0. The van der Waals surface area contributed by atoms with Crippen LogP contribution in [0.2, 0.25) is 0 Å². The maximum atomic E-state index is 13.4. The van der Waals surface area contributed by atoms with Gasteiger partial charge in [0.15, 0.2) is 11.6 Å². The van der Waals surface area contributed by atoms with Crippen LogP contribution in [0.15, 0.2) is 18.3 Å². The summed E-state index contributed by atoms with van der Waals surface area (Å²) in [7, 11) is 0. The fraction of sp³-hybridized carbons (Fsp3) is 0.583. The van der Waals surface area contributed by atoms with Crippen molar-refractivity contribution >= 4 is 5.82 Å². The average Bonchev–Trinajstić information content (AvgIpc) is 3.03. The van der Waals surface area contributed by atoms with Crippen molar-refractivity contribution in [3.63, 3.8) is 0 Å². The fourth-order valence-electron chi connectivity index (χ4n) is 2.36. The number of halogens is 1. The number of rotatable bonds is 3. The Morgan fingerprint density at radius 3 is 3.00 bits per heavy atom. The van der Waals surface area contributed by atoms with Gasteiger partial charge in [-0.25, -0.2) is 9.37 Å². The number of nitrogens with zero attached hydrogens (tertiary/aromatic N) is 2. The van der Waals surface area contributed by atoms with Crippen molar-refractivity contribution in [1.82, 2.24) is 9.88 Å². The predicted molar refractivity (Wildman–Crippen MR) is 60.8 cm³/mol. The molecule has 0 bridgehead atoms. The molecule has 0 spiro atoms. The van der Waals surface area contributed by atoms with Gasteiger partial charge in [0.1, 0.15) is 0 Å². The highest BCUT2D eigenvalue weighted by Crippen LogP contribution is 2.30. The van der Waals surface area contributed by atoms with Gasteiger partial charge in [0.2, 0.25) is 0 Å². The van der Waals surface area contributed by atoms with Crippen LogP contribution in [0.25, 0.3) is 0 Å².